The van der Waals surface area contributed by atoms with Gasteiger partial charge in [0.15, 0.2) is 5.65 Å². The fraction of sp³-hybridized carbons (Fsp3) is 0.632. The molecule has 2 aliphatic rings. The Morgan fingerprint density at radius 3 is 2.68 bits per heavy atom. The number of amides is 1. The van der Waals surface area contributed by atoms with Gasteiger partial charge in [-0.2, -0.15) is 5.10 Å². The van der Waals surface area contributed by atoms with Crippen LogP contribution in [0, 0.1) is 11.8 Å². The van der Waals surface area contributed by atoms with Gasteiger partial charge in [-0.1, -0.05) is 6.42 Å². The summed E-state index contributed by atoms with van der Waals surface area (Å²) in [5.41, 5.74) is 7.63. The number of nitrogens with two attached hydrogens (primary N) is 1. The van der Waals surface area contributed by atoms with Crippen molar-refractivity contribution >= 4 is 16.9 Å². The van der Waals surface area contributed by atoms with Gasteiger partial charge in [-0.25, -0.2) is 9.67 Å². The van der Waals surface area contributed by atoms with Crippen LogP contribution in [0.15, 0.2) is 18.5 Å². The van der Waals surface area contributed by atoms with Gasteiger partial charge in [0.25, 0.3) is 5.91 Å². The van der Waals surface area contributed by atoms with Crippen molar-refractivity contribution in [2.24, 2.45) is 17.6 Å². The molecule has 2 saturated carbocycles. The maximum atomic E-state index is 12.8. The second-order valence-electron chi connectivity index (χ2n) is 8.00. The average Bonchev–Trinajstić information content (AvgIpc) is 2.99. The number of hydrogen-bond donors (Lipinski definition) is 2. The fourth-order valence-electron chi connectivity index (χ4n) is 4.70. The first-order valence-corrected chi connectivity index (χ1v) is 9.42. The maximum absolute atomic E-state index is 12.8. The number of nitrogens with one attached hydrogen (secondary N) is 1. The summed E-state index contributed by atoms with van der Waals surface area (Å²) in [5.74, 6) is 1.02. The molecule has 2 aliphatic carbocycles. The second kappa shape index (κ2) is 6.41. The zero-order chi connectivity index (χ0) is 17.6. The molecule has 2 aromatic heterocycles. The highest BCUT2D eigenvalue weighted by Gasteiger charge is 2.40. The Kier molecular flexibility index (Phi) is 4.23. The van der Waals surface area contributed by atoms with Crippen molar-refractivity contribution in [1.82, 2.24) is 20.1 Å². The van der Waals surface area contributed by atoms with E-state index in [2.05, 4.69) is 29.2 Å². The van der Waals surface area contributed by atoms with E-state index in [-0.39, 0.29) is 18.0 Å². The van der Waals surface area contributed by atoms with E-state index < -0.39 is 0 Å². The molecule has 2 heterocycles. The lowest BCUT2D eigenvalue weighted by Crippen LogP contribution is -2.53. The largest absolute Gasteiger partial charge is 0.349 e. The first-order valence-electron chi connectivity index (χ1n) is 9.42. The van der Waals surface area contributed by atoms with E-state index in [1.165, 1.54) is 19.3 Å². The lowest BCUT2D eigenvalue weighted by molar-refractivity contribution is 0.0756. The van der Waals surface area contributed by atoms with Gasteiger partial charge in [0, 0.05) is 29.7 Å². The zero-order valence-electron chi connectivity index (χ0n) is 15.0. The molecule has 0 spiro atoms. The van der Waals surface area contributed by atoms with Crippen LogP contribution in [-0.4, -0.2) is 32.8 Å². The van der Waals surface area contributed by atoms with Crippen LogP contribution in [0.1, 0.15) is 62.4 Å². The molecule has 25 heavy (non-hydrogen) atoms. The second-order valence-corrected chi connectivity index (χ2v) is 8.00. The normalized spacial score (nSPS) is 29.1. The number of carbonyl (C=O) groups excluding carboxylic acids is 1. The van der Waals surface area contributed by atoms with E-state index in [4.69, 9.17) is 5.73 Å². The van der Waals surface area contributed by atoms with Gasteiger partial charge in [0.05, 0.1) is 11.8 Å². The van der Waals surface area contributed by atoms with Crippen molar-refractivity contribution in [2.75, 3.05) is 0 Å². The summed E-state index contributed by atoms with van der Waals surface area (Å²) in [7, 11) is 0. The van der Waals surface area contributed by atoms with E-state index >= 15 is 0 Å². The van der Waals surface area contributed by atoms with Gasteiger partial charge in [-0.15, -0.1) is 0 Å². The van der Waals surface area contributed by atoms with E-state index in [9.17, 15) is 4.79 Å². The molecule has 2 aromatic rings. The van der Waals surface area contributed by atoms with E-state index in [0.717, 1.165) is 23.9 Å². The molecule has 4 rings (SSSR count). The molecule has 2 unspecified atom stereocenters. The molecule has 2 fully saturated rings. The fourth-order valence-corrected chi connectivity index (χ4v) is 4.70. The van der Waals surface area contributed by atoms with Gasteiger partial charge < -0.3 is 11.1 Å². The molecule has 0 radical (unpaired) electrons. The number of carbonyl (C=O) groups is 1. The Morgan fingerprint density at radius 1 is 1.28 bits per heavy atom. The van der Waals surface area contributed by atoms with Crippen molar-refractivity contribution in [3.05, 3.63) is 24.0 Å². The molecule has 2 atom stereocenters. The third-order valence-electron chi connectivity index (χ3n) is 5.86. The highest BCUT2D eigenvalue weighted by atomic mass is 16.1. The Labute approximate surface area is 148 Å². The maximum Gasteiger partial charge on any atom is 0.253 e. The third-order valence-corrected chi connectivity index (χ3v) is 5.86. The topological polar surface area (TPSA) is 85.8 Å². The number of nitrogens with zero attached hydrogens (tertiary/aromatic N) is 3. The first-order chi connectivity index (χ1) is 12.0. The number of hydrogen-bond acceptors (Lipinski definition) is 4. The minimum Gasteiger partial charge on any atom is -0.349 e. The molecule has 134 valence electrons. The SMILES string of the molecule is CC(C)n1ncc2cc(C(=O)NC3C4CCCC3CC(N)C4)cnc21. The average molecular weight is 341 g/mol. The minimum atomic E-state index is -0.0240. The summed E-state index contributed by atoms with van der Waals surface area (Å²) >= 11 is 0. The quantitative estimate of drug-likeness (QED) is 0.898. The summed E-state index contributed by atoms with van der Waals surface area (Å²) in [6.07, 6.45) is 9.12. The van der Waals surface area contributed by atoms with Crippen molar-refractivity contribution in [2.45, 2.75) is 64.1 Å². The molecular weight excluding hydrogens is 314 g/mol. The zero-order valence-corrected chi connectivity index (χ0v) is 15.0. The van der Waals surface area contributed by atoms with E-state index in [0.29, 0.717) is 23.4 Å². The van der Waals surface area contributed by atoms with Crippen molar-refractivity contribution in [1.29, 1.82) is 0 Å². The van der Waals surface area contributed by atoms with Gasteiger partial charge >= 0.3 is 0 Å². The molecule has 6 heteroatoms. The predicted octanol–water partition coefficient (Wildman–Crippen LogP) is 2.65. The number of fused-ring (bicyclic) bond motifs is 3. The molecule has 2 bridgehead atoms. The molecule has 0 saturated heterocycles. The van der Waals surface area contributed by atoms with Crippen molar-refractivity contribution in [3.63, 3.8) is 0 Å². The van der Waals surface area contributed by atoms with Gasteiger partial charge in [0.1, 0.15) is 0 Å². The molecule has 0 aliphatic heterocycles. The summed E-state index contributed by atoms with van der Waals surface area (Å²) < 4.78 is 1.88. The molecule has 3 N–H and O–H groups in total. The van der Waals surface area contributed by atoms with Crippen LogP contribution in [0.4, 0.5) is 0 Å². The Balaban J connectivity index is 1.54. The van der Waals surface area contributed by atoms with Gasteiger partial charge in [-0.05, 0) is 57.4 Å². The summed E-state index contributed by atoms with van der Waals surface area (Å²) in [6, 6.07) is 2.70. The van der Waals surface area contributed by atoms with Gasteiger partial charge in [-0.3, -0.25) is 4.79 Å². The van der Waals surface area contributed by atoms with Crippen LogP contribution >= 0.6 is 0 Å². The van der Waals surface area contributed by atoms with Crippen LogP contribution in [0.5, 0.6) is 0 Å². The van der Waals surface area contributed by atoms with Crippen molar-refractivity contribution in [3.8, 4) is 0 Å². The number of rotatable bonds is 3. The smallest absolute Gasteiger partial charge is 0.253 e. The van der Waals surface area contributed by atoms with Crippen LogP contribution in [-0.2, 0) is 0 Å². The van der Waals surface area contributed by atoms with Crippen LogP contribution in [0.25, 0.3) is 11.0 Å². The Morgan fingerprint density at radius 2 is 2.00 bits per heavy atom. The van der Waals surface area contributed by atoms with E-state index in [1.54, 1.807) is 12.4 Å². The molecule has 1 amide bonds. The van der Waals surface area contributed by atoms with Crippen molar-refractivity contribution < 1.29 is 4.79 Å². The Hall–Kier alpha value is -1.95. The number of pyridine rings is 1. The standard InChI is InChI=1S/C19H27N5O/c1-11(2)24-18-14(10-22-24)6-15(9-21-18)19(25)23-17-12-4-3-5-13(17)8-16(20)7-12/h6,9-13,16-17H,3-5,7-8,20H2,1-2H3,(H,23,25). The van der Waals surface area contributed by atoms with Crippen LogP contribution in [0.3, 0.4) is 0 Å². The Bertz CT molecular complexity index is 769. The van der Waals surface area contributed by atoms with Crippen LogP contribution < -0.4 is 11.1 Å². The monoisotopic (exact) mass is 341 g/mol. The molecule has 6 nitrogen and oxygen atoms in total. The molecular formula is C19H27N5O. The van der Waals surface area contributed by atoms with Gasteiger partial charge in [0.2, 0.25) is 0 Å². The van der Waals surface area contributed by atoms with Crippen LogP contribution in [0.2, 0.25) is 0 Å². The molecule has 0 aromatic carbocycles. The highest BCUT2D eigenvalue weighted by molar-refractivity contribution is 5.97. The number of aromatic nitrogens is 3. The minimum absolute atomic E-state index is 0.0240. The third kappa shape index (κ3) is 3.03. The summed E-state index contributed by atoms with van der Waals surface area (Å²) in [5, 5.41) is 8.57. The highest BCUT2D eigenvalue weighted by Crippen LogP contribution is 2.39. The lowest BCUT2D eigenvalue weighted by atomic mass is 9.67. The van der Waals surface area contributed by atoms with E-state index in [1.807, 2.05) is 10.7 Å². The summed E-state index contributed by atoms with van der Waals surface area (Å²) in [4.78, 5) is 17.3. The first kappa shape index (κ1) is 16.5. The lowest BCUT2D eigenvalue weighted by Gasteiger charge is -2.45. The predicted molar refractivity (Wildman–Crippen MR) is 97.2 cm³/mol. The summed E-state index contributed by atoms with van der Waals surface area (Å²) in [6.45, 7) is 4.14.